The summed E-state index contributed by atoms with van der Waals surface area (Å²) in [4.78, 5) is 29.0. The first-order chi connectivity index (χ1) is 14.4. The number of carbonyl (C=O) groups excluding carboxylic acids is 2. The standard InChI is InChI=1S/C22H17ClN2O4S/c1-12(2)28-21(27)14-5-8-16-19(11-14)30-22(24-16)25-20(26)18-10-9-17(29-18)13-3-6-15(23)7-4-13/h3-12H,1-2H3,(H,24,25,26). The van der Waals surface area contributed by atoms with Crippen molar-refractivity contribution in [1.29, 1.82) is 0 Å². The van der Waals surface area contributed by atoms with Gasteiger partial charge in [-0.3, -0.25) is 10.1 Å². The zero-order chi connectivity index (χ0) is 21.3. The minimum Gasteiger partial charge on any atom is -0.459 e. The molecule has 0 spiro atoms. The molecule has 0 aliphatic carbocycles. The molecule has 2 aromatic carbocycles. The molecule has 0 saturated carbocycles. The monoisotopic (exact) mass is 440 g/mol. The Morgan fingerprint density at radius 2 is 1.87 bits per heavy atom. The second-order valence-corrected chi connectivity index (χ2v) is 8.25. The zero-order valence-corrected chi connectivity index (χ0v) is 17.7. The van der Waals surface area contributed by atoms with Gasteiger partial charge in [0.25, 0.3) is 5.91 Å². The minimum absolute atomic E-state index is 0.167. The highest BCUT2D eigenvalue weighted by atomic mass is 35.5. The summed E-state index contributed by atoms with van der Waals surface area (Å²) in [6.07, 6.45) is -0.199. The largest absolute Gasteiger partial charge is 0.459 e. The van der Waals surface area contributed by atoms with Gasteiger partial charge in [0, 0.05) is 10.6 Å². The highest BCUT2D eigenvalue weighted by Gasteiger charge is 2.16. The zero-order valence-electron chi connectivity index (χ0n) is 16.1. The van der Waals surface area contributed by atoms with Crippen molar-refractivity contribution >= 4 is 50.2 Å². The van der Waals surface area contributed by atoms with Crippen LogP contribution in [0.4, 0.5) is 5.13 Å². The number of anilines is 1. The summed E-state index contributed by atoms with van der Waals surface area (Å²) < 4.78 is 11.6. The Labute approximate surface area is 181 Å². The van der Waals surface area contributed by atoms with Crippen LogP contribution in [0.25, 0.3) is 21.5 Å². The Morgan fingerprint density at radius 3 is 2.60 bits per heavy atom. The topological polar surface area (TPSA) is 81.4 Å². The number of nitrogens with one attached hydrogen (secondary N) is 1. The van der Waals surface area contributed by atoms with E-state index in [1.165, 1.54) is 11.3 Å². The molecule has 0 atom stereocenters. The third kappa shape index (κ3) is 4.37. The van der Waals surface area contributed by atoms with Crippen LogP contribution < -0.4 is 5.32 Å². The number of aromatic nitrogens is 1. The first kappa shape index (κ1) is 20.1. The lowest BCUT2D eigenvalue weighted by atomic mass is 10.2. The molecule has 8 heteroatoms. The lowest BCUT2D eigenvalue weighted by Gasteiger charge is -2.07. The molecular formula is C22H17ClN2O4S. The van der Waals surface area contributed by atoms with Crippen LogP contribution in [0.15, 0.2) is 59.0 Å². The van der Waals surface area contributed by atoms with Crippen LogP contribution >= 0.6 is 22.9 Å². The number of hydrogen-bond donors (Lipinski definition) is 1. The third-order valence-electron chi connectivity index (χ3n) is 4.15. The summed E-state index contributed by atoms with van der Waals surface area (Å²) in [5, 5.41) is 3.78. The molecule has 0 radical (unpaired) electrons. The number of thiazole rings is 1. The van der Waals surface area contributed by atoms with Crippen LogP contribution in [0.2, 0.25) is 5.02 Å². The Morgan fingerprint density at radius 1 is 1.10 bits per heavy atom. The van der Waals surface area contributed by atoms with Crippen molar-refractivity contribution in [2.75, 3.05) is 5.32 Å². The average molecular weight is 441 g/mol. The summed E-state index contributed by atoms with van der Waals surface area (Å²) in [6.45, 7) is 3.59. The predicted molar refractivity (Wildman–Crippen MR) is 117 cm³/mol. The molecule has 0 fully saturated rings. The van der Waals surface area contributed by atoms with Crippen LogP contribution in [0.1, 0.15) is 34.8 Å². The first-order valence-corrected chi connectivity index (χ1v) is 10.4. The molecule has 4 rings (SSSR count). The van der Waals surface area contributed by atoms with Crippen LogP contribution in [-0.4, -0.2) is 23.0 Å². The molecule has 0 unspecified atom stereocenters. The van der Waals surface area contributed by atoms with E-state index >= 15 is 0 Å². The SMILES string of the molecule is CC(C)OC(=O)c1ccc2nc(NC(=O)c3ccc(-c4ccc(Cl)cc4)o3)sc2c1. The van der Waals surface area contributed by atoms with Crippen LogP contribution in [0.5, 0.6) is 0 Å². The summed E-state index contributed by atoms with van der Waals surface area (Å²) in [5.41, 5.74) is 1.94. The highest BCUT2D eigenvalue weighted by molar-refractivity contribution is 7.22. The van der Waals surface area contributed by atoms with Gasteiger partial charge in [-0.25, -0.2) is 9.78 Å². The maximum atomic E-state index is 12.6. The molecule has 30 heavy (non-hydrogen) atoms. The van der Waals surface area contributed by atoms with Crippen LogP contribution in [0, 0.1) is 0 Å². The van der Waals surface area contributed by atoms with Gasteiger partial charge in [-0.15, -0.1) is 0 Å². The fourth-order valence-electron chi connectivity index (χ4n) is 2.78. The van der Waals surface area contributed by atoms with E-state index in [0.717, 1.165) is 10.3 Å². The number of ether oxygens (including phenoxy) is 1. The van der Waals surface area contributed by atoms with E-state index in [-0.39, 0.29) is 11.9 Å². The van der Waals surface area contributed by atoms with Gasteiger partial charge >= 0.3 is 5.97 Å². The summed E-state index contributed by atoms with van der Waals surface area (Å²) in [6, 6.07) is 15.6. The second kappa shape index (κ2) is 8.30. The van der Waals surface area contributed by atoms with Crippen molar-refractivity contribution < 1.29 is 18.7 Å². The second-order valence-electron chi connectivity index (χ2n) is 6.78. The summed E-state index contributed by atoms with van der Waals surface area (Å²) in [5.74, 6) is -0.0697. The number of furan rings is 1. The number of fused-ring (bicyclic) bond motifs is 1. The smallest absolute Gasteiger partial charge is 0.338 e. The average Bonchev–Trinajstić information content (AvgIpc) is 3.34. The van der Waals surface area contributed by atoms with Gasteiger partial charge in [-0.2, -0.15) is 0 Å². The normalized spacial score (nSPS) is 11.1. The summed E-state index contributed by atoms with van der Waals surface area (Å²) >= 11 is 7.17. The predicted octanol–water partition coefficient (Wildman–Crippen LogP) is 6.03. The van der Waals surface area contributed by atoms with Crippen LogP contribution in [-0.2, 0) is 4.74 Å². The lowest BCUT2D eigenvalue weighted by molar-refractivity contribution is 0.0378. The van der Waals surface area contributed by atoms with Gasteiger partial charge in [0.2, 0.25) is 0 Å². The Bertz CT molecular complexity index is 1230. The molecule has 6 nitrogen and oxygen atoms in total. The van der Waals surface area contributed by atoms with Crippen molar-refractivity contribution in [2.45, 2.75) is 20.0 Å². The van der Waals surface area contributed by atoms with Crippen molar-refractivity contribution in [3.8, 4) is 11.3 Å². The molecule has 4 aromatic rings. The lowest BCUT2D eigenvalue weighted by Crippen LogP contribution is -2.11. The molecule has 1 amide bonds. The number of esters is 1. The number of hydrogen-bond acceptors (Lipinski definition) is 6. The number of amides is 1. The van der Waals surface area contributed by atoms with Crippen molar-refractivity contribution in [3.63, 3.8) is 0 Å². The molecule has 1 N–H and O–H groups in total. The van der Waals surface area contributed by atoms with E-state index in [0.29, 0.717) is 27.0 Å². The van der Waals surface area contributed by atoms with Gasteiger partial charge in [0.05, 0.1) is 21.9 Å². The molecule has 2 heterocycles. The molecule has 0 aliphatic heterocycles. The maximum absolute atomic E-state index is 12.6. The highest BCUT2D eigenvalue weighted by Crippen LogP contribution is 2.29. The Hall–Kier alpha value is -3.16. The van der Waals surface area contributed by atoms with E-state index in [4.69, 9.17) is 20.8 Å². The Kier molecular flexibility index (Phi) is 5.57. The molecular weight excluding hydrogens is 424 g/mol. The van der Waals surface area contributed by atoms with Gasteiger partial charge < -0.3 is 9.15 Å². The van der Waals surface area contributed by atoms with E-state index in [1.54, 1.807) is 56.3 Å². The van der Waals surface area contributed by atoms with E-state index in [2.05, 4.69) is 10.3 Å². The third-order valence-corrected chi connectivity index (χ3v) is 5.33. The Balaban J connectivity index is 1.50. The van der Waals surface area contributed by atoms with Crippen LogP contribution in [0.3, 0.4) is 0 Å². The number of carbonyl (C=O) groups is 2. The van der Waals surface area contributed by atoms with E-state index in [1.807, 2.05) is 12.1 Å². The molecule has 0 aliphatic rings. The number of nitrogens with zero attached hydrogens (tertiary/aromatic N) is 1. The van der Waals surface area contributed by atoms with Crippen molar-refractivity contribution in [1.82, 2.24) is 4.98 Å². The summed E-state index contributed by atoms with van der Waals surface area (Å²) in [7, 11) is 0. The quantitative estimate of drug-likeness (QED) is 0.383. The fraction of sp³-hybridized carbons (Fsp3) is 0.136. The van der Waals surface area contributed by atoms with Gasteiger partial charge in [-0.05, 0) is 68.4 Å². The van der Waals surface area contributed by atoms with E-state index < -0.39 is 11.9 Å². The fourth-order valence-corrected chi connectivity index (χ4v) is 3.80. The minimum atomic E-state index is -0.409. The molecule has 2 aromatic heterocycles. The van der Waals surface area contributed by atoms with Crippen molar-refractivity contribution in [2.24, 2.45) is 0 Å². The first-order valence-electron chi connectivity index (χ1n) is 9.18. The van der Waals surface area contributed by atoms with Gasteiger partial charge in [0.15, 0.2) is 10.9 Å². The van der Waals surface area contributed by atoms with E-state index in [9.17, 15) is 9.59 Å². The molecule has 0 saturated heterocycles. The maximum Gasteiger partial charge on any atom is 0.338 e. The van der Waals surface area contributed by atoms with Gasteiger partial charge in [0.1, 0.15) is 5.76 Å². The number of halogens is 1. The van der Waals surface area contributed by atoms with Gasteiger partial charge in [-0.1, -0.05) is 22.9 Å². The number of rotatable bonds is 5. The van der Waals surface area contributed by atoms with Crippen molar-refractivity contribution in [3.05, 3.63) is 70.9 Å². The molecule has 0 bridgehead atoms. The molecule has 152 valence electrons. The number of benzene rings is 2.